The number of nitrogens with one attached hydrogen (secondary N) is 1. The van der Waals surface area contributed by atoms with Crippen molar-refractivity contribution < 1.29 is 4.74 Å². The number of nitrogens with two attached hydrogens (primary N) is 1. The molecule has 0 bridgehead atoms. The molecule has 0 spiro atoms. The Labute approximate surface area is 95.4 Å². The van der Waals surface area contributed by atoms with E-state index in [0.717, 1.165) is 24.2 Å². The number of ether oxygens (including phenoxy) is 1. The summed E-state index contributed by atoms with van der Waals surface area (Å²) >= 11 is 0. The van der Waals surface area contributed by atoms with Crippen molar-refractivity contribution in [3.05, 3.63) is 11.9 Å². The van der Waals surface area contributed by atoms with Gasteiger partial charge in [-0.05, 0) is 26.7 Å². The number of aromatic nitrogens is 2. The van der Waals surface area contributed by atoms with Gasteiger partial charge in [-0.15, -0.1) is 0 Å². The van der Waals surface area contributed by atoms with Gasteiger partial charge in [0.15, 0.2) is 0 Å². The topological polar surface area (TPSA) is 73.1 Å². The minimum Gasteiger partial charge on any atom is -0.478 e. The Hall–Kier alpha value is -1.36. The van der Waals surface area contributed by atoms with Crippen molar-refractivity contribution in [3.63, 3.8) is 0 Å². The summed E-state index contributed by atoms with van der Waals surface area (Å²) in [6.45, 7) is 5.15. The summed E-state index contributed by atoms with van der Waals surface area (Å²) in [6, 6.07) is 0. The van der Waals surface area contributed by atoms with Gasteiger partial charge in [-0.1, -0.05) is 0 Å². The Morgan fingerprint density at radius 2 is 2.25 bits per heavy atom. The summed E-state index contributed by atoms with van der Waals surface area (Å²) in [5, 5.41) is 3.39. The lowest BCUT2D eigenvalue weighted by atomic mass is 10.2. The SMILES string of the molecule is CCOc1ncnc(NC2(CN)CC2)c1C. The molecule has 3 N–H and O–H groups in total. The van der Waals surface area contributed by atoms with Crippen molar-refractivity contribution in [2.45, 2.75) is 32.2 Å². The van der Waals surface area contributed by atoms with Crippen LogP contribution in [-0.2, 0) is 0 Å². The first-order valence-corrected chi connectivity index (χ1v) is 5.63. The zero-order chi connectivity index (χ0) is 11.6. The first-order chi connectivity index (χ1) is 7.71. The first-order valence-electron chi connectivity index (χ1n) is 5.63. The van der Waals surface area contributed by atoms with E-state index in [1.165, 1.54) is 6.33 Å². The van der Waals surface area contributed by atoms with Gasteiger partial charge in [0.2, 0.25) is 5.88 Å². The highest BCUT2D eigenvalue weighted by Gasteiger charge is 2.41. The number of nitrogens with zero attached hydrogens (tertiary/aromatic N) is 2. The standard InChI is InChI=1S/C11H18N4O/c1-3-16-10-8(2)9(13-7-14-10)15-11(6-12)4-5-11/h7H,3-6,12H2,1-2H3,(H,13,14,15). The van der Waals surface area contributed by atoms with Crippen LogP contribution in [0.15, 0.2) is 6.33 Å². The molecule has 5 heteroatoms. The maximum Gasteiger partial charge on any atom is 0.221 e. The molecule has 0 aliphatic heterocycles. The molecule has 2 rings (SSSR count). The maximum absolute atomic E-state index is 5.73. The van der Waals surface area contributed by atoms with Gasteiger partial charge in [0.1, 0.15) is 12.1 Å². The normalized spacial score (nSPS) is 16.9. The summed E-state index contributed by atoms with van der Waals surface area (Å²) < 4.78 is 5.42. The predicted octanol–water partition coefficient (Wildman–Crippen LogP) is 1.09. The third-order valence-electron chi connectivity index (χ3n) is 2.95. The predicted molar refractivity (Wildman–Crippen MR) is 62.6 cm³/mol. The van der Waals surface area contributed by atoms with Gasteiger partial charge in [0.05, 0.1) is 17.7 Å². The molecule has 1 saturated carbocycles. The molecule has 1 aromatic rings. The zero-order valence-electron chi connectivity index (χ0n) is 9.79. The first kappa shape index (κ1) is 11.1. The van der Waals surface area contributed by atoms with Gasteiger partial charge in [-0.2, -0.15) is 0 Å². The van der Waals surface area contributed by atoms with E-state index in [1.54, 1.807) is 0 Å². The second kappa shape index (κ2) is 4.25. The quantitative estimate of drug-likeness (QED) is 0.780. The second-order valence-electron chi connectivity index (χ2n) is 4.19. The molecule has 1 heterocycles. The summed E-state index contributed by atoms with van der Waals surface area (Å²) in [4.78, 5) is 8.34. The minimum atomic E-state index is 0.0581. The van der Waals surface area contributed by atoms with Gasteiger partial charge < -0.3 is 15.8 Å². The average Bonchev–Trinajstić information content (AvgIpc) is 3.05. The van der Waals surface area contributed by atoms with E-state index < -0.39 is 0 Å². The highest BCUT2D eigenvalue weighted by Crippen LogP contribution is 2.38. The second-order valence-corrected chi connectivity index (χ2v) is 4.19. The highest BCUT2D eigenvalue weighted by atomic mass is 16.5. The van der Waals surface area contributed by atoms with Crippen LogP contribution in [0.2, 0.25) is 0 Å². The zero-order valence-corrected chi connectivity index (χ0v) is 9.79. The Kier molecular flexibility index (Phi) is 2.96. The molecule has 88 valence electrons. The van der Waals surface area contributed by atoms with Crippen molar-refractivity contribution in [2.24, 2.45) is 5.73 Å². The van der Waals surface area contributed by atoms with Crippen LogP contribution in [0.4, 0.5) is 5.82 Å². The molecule has 0 aromatic carbocycles. The maximum atomic E-state index is 5.73. The highest BCUT2D eigenvalue weighted by molar-refractivity contribution is 5.51. The molecular weight excluding hydrogens is 204 g/mol. The van der Waals surface area contributed by atoms with Crippen molar-refractivity contribution >= 4 is 5.82 Å². The molecule has 5 nitrogen and oxygen atoms in total. The fraction of sp³-hybridized carbons (Fsp3) is 0.636. The van der Waals surface area contributed by atoms with Gasteiger partial charge in [0, 0.05) is 6.54 Å². The van der Waals surface area contributed by atoms with E-state index in [2.05, 4.69) is 15.3 Å². The summed E-state index contributed by atoms with van der Waals surface area (Å²) in [5.41, 5.74) is 6.73. The van der Waals surface area contributed by atoms with Crippen LogP contribution in [0.1, 0.15) is 25.3 Å². The molecule has 0 saturated heterocycles. The molecule has 0 atom stereocenters. The Bertz CT molecular complexity index is 376. The lowest BCUT2D eigenvalue weighted by Crippen LogP contribution is -2.31. The van der Waals surface area contributed by atoms with Crippen LogP contribution in [0, 0.1) is 6.92 Å². The molecule has 0 unspecified atom stereocenters. The van der Waals surface area contributed by atoms with Crippen LogP contribution in [0.5, 0.6) is 5.88 Å². The number of anilines is 1. The van der Waals surface area contributed by atoms with Gasteiger partial charge in [-0.3, -0.25) is 0 Å². The number of rotatable bonds is 5. The molecule has 1 aliphatic rings. The van der Waals surface area contributed by atoms with Crippen LogP contribution in [0.25, 0.3) is 0 Å². The fourth-order valence-electron chi connectivity index (χ4n) is 1.62. The average molecular weight is 222 g/mol. The summed E-state index contributed by atoms with van der Waals surface area (Å²) in [6.07, 6.45) is 3.74. The third-order valence-corrected chi connectivity index (χ3v) is 2.95. The number of hydrogen-bond acceptors (Lipinski definition) is 5. The number of hydrogen-bond donors (Lipinski definition) is 2. The molecule has 1 fully saturated rings. The van der Waals surface area contributed by atoms with Crippen molar-refractivity contribution in [1.82, 2.24) is 9.97 Å². The van der Waals surface area contributed by atoms with Crippen LogP contribution in [-0.4, -0.2) is 28.7 Å². The van der Waals surface area contributed by atoms with E-state index in [1.807, 2.05) is 13.8 Å². The van der Waals surface area contributed by atoms with Crippen molar-refractivity contribution in [1.29, 1.82) is 0 Å². The minimum absolute atomic E-state index is 0.0581. The fourth-order valence-corrected chi connectivity index (χ4v) is 1.62. The van der Waals surface area contributed by atoms with E-state index in [9.17, 15) is 0 Å². The Morgan fingerprint density at radius 1 is 1.50 bits per heavy atom. The Balaban J connectivity index is 2.17. The van der Waals surface area contributed by atoms with Gasteiger partial charge >= 0.3 is 0 Å². The van der Waals surface area contributed by atoms with Gasteiger partial charge in [0.25, 0.3) is 0 Å². The van der Waals surface area contributed by atoms with E-state index in [4.69, 9.17) is 10.5 Å². The molecular formula is C11H18N4O. The smallest absolute Gasteiger partial charge is 0.221 e. The molecule has 0 amide bonds. The summed E-state index contributed by atoms with van der Waals surface area (Å²) in [5.74, 6) is 1.48. The van der Waals surface area contributed by atoms with E-state index in [0.29, 0.717) is 19.0 Å². The monoisotopic (exact) mass is 222 g/mol. The van der Waals surface area contributed by atoms with E-state index >= 15 is 0 Å². The molecule has 0 radical (unpaired) electrons. The Morgan fingerprint density at radius 3 is 2.81 bits per heavy atom. The summed E-state index contributed by atoms with van der Waals surface area (Å²) in [7, 11) is 0. The van der Waals surface area contributed by atoms with Crippen LogP contribution < -0.4 is 15.8 Å². The van der Waals surface area contributed by atoms with Crippen molar-refractivity contribution in [3.8, 4) is 5.88 Å². The lowest BCUT2D eigenvalue weighted by Gasteiger charge is -2.18. The van der Waals surface area contributed by atoms with Gasteiger partial charge in [-0.25, -0.2) is 9.97 Å². The molecule has 1 aromatic heterocycles. The molecule has 16 heavy (non-hydrogen) atoms. The van der Waals surface area contributed by atoms with Crippen molar-refractivity contribution in [2.75, 3.05) is 18.5 Å². The lowest BCUT2D eigenvalue weighted by molar-refractivity contribution is 0.323. The largest absolute Gasteiger partial charge is 0.478 e. The molecule has 1 aliphatic carbocycles. The van der Waals surface area contributed by atoms with E-state index in [-0.39, 0.29) is 5.54 Å². The van der Waals surface area contributed by atoms with Crippen LogP contribution >= 0.6 is 0 Å². The van der Waals surface area contributed by atoms with Crippen LogP contribution in [0.3, 0.4) is 0 Å². The third kappa shape index (κ3) is 2.09.